The van der Waals surface area contributed by atoms with E-state index in [0.717, 1.165) is 18.1 Å². The Morgan fingerprint density at radius 3 is 3.07 bits per heavy atom. The van der Waals surface area contributed by atoms with Gasteiger partial charge in [0.25, 0.3) is 0 Å². The summed E-state index contributed by atoms with van der Waals surface area (Å²) >= 11 is 2.03. The first-order chi connectivity index (χ1) is 7.18. The second-order valence-electron chi connectivity index (χ2n) is 3.96. The van der Waals surface area contributed by atoms with E-state index < -0.39 is 0 Å². The van der Waals surface area contributed by atoms with Gasteiger partial charge in [-0.3, -0.25) is 0 Å². The van der Waals surface area contributed by atoms with Crippen LogP contribution in [-0.2, 0) is 0 Å². The van der Waals surface area contributed by atoms with Gasteiger partial charge in [-0.15, -0.1) is 0 Å². The van der Waals surface area contributed by atoms with E-state index in [-0.39, 0.29) is 0 Å². The number of nitrogens with zero attached hydrogens (tertiary/aromatic N) is 2. The van der Waals surface area contributed by atoms with Crippen molar-refractivity contribution in [2.45, 2.75) is 25.1 Å². The molecule has 0 radical (unpaired) electrons. The molecule has 1 saturated heterocycles. The third kappa shape index (κ3) is 2.20. The van der Waals surface area contributed by atoms with Gasteiger partial charge in [0.1, 0.15) is 5.82 Å². The quantitative estimate of drug-likeness (QED) is 0.790. The molecular formula is C11H17N3S. The van der Waals surface area contributed by atoms with Crippen LogP contribution >= 0.6 is 11.8 Å². The molecule has 0 saturated carbocycles. The number of anilines is 2. The summed E-state index contributed by atoms with van der Waals surface area (Å²) in [4.78, 5) is 6.73. The molecule has 0 aliphatic carbocycles. The van der Waals surface area contributed by atoms with Crippen molar-refractivity contribution in [3.8, 4) is 0 Å². The number of nitrogen functional groups attached to an aromatic ring is 1. The number of pyridine rings is 1. The lowest BCUT2D eigenvalue weighted by atomic mass is 10.2. The van der Waals surface area contributed by atoms with E-state index in [1.165, 1.54) is 5.75 Å². The third-order valence-electron chi connectivity index (χ3n) is 2.95. The first-order valence-electron chi connectivity index (χ1n) is 5.28. The van der Waals surface area contributed by atoms with Crippen molar-refractivity contribution in [1.29, 1.82) is 0 Å². The van der Waals surface area contributed by atoms with Gasteiger partial charge in [0.05, 0.1) is 0 Å². The molecule has 0 spiro atoms. The number of hydrogen-bond donors (Lipinski definition) is 1. The van der Waals surface area contributed by atoms with Crippen molar-refractivity contribution in [1.82, 2.24) is 4.98 Å². The predicted octanol–water partition coefficient (Wildman–Crippen LogP) is 1.99. The standard InChI is InChI=1S/C11H17N3S/c1-8-9(2)15-6-5-14(8)11-7-10(12)3-4-13-11/h3-4,7-9H,5-6H2,1-2H3,(H2,12,13). The molecule has 2 atom stereocenters. The summed E-state index contributed by atoms with van der Waals surface area (Å²) in [5, 5.41) is 0.655. The van der Waals surface area contributed by atoms with E-state index in [1.807, 2.05) is 23.9 Å². The molecule has 2 heterocycles. The van der Waals surface area contributed by atoms with Gasteiger partial charge in [-0.2, -0.15) is 11.8 Å². The van der Waals surface area contributed by atoms with Crippen LogP contribution in [-0.4, -0.2) is 28.6 Å². The molecule has 1 aliphatic heterocycles. The molecule has 2 unspecified atom stereocenters. The number of rotatable bonds is 1. The Morgan fingerprint density at radius 2 is 2.33 bits per heavy atom. The fraction of sp³-hybridized carbons (Fsp3) is 0.545. The Kier molecular flexibility index (Phi) is 3.05. The SMILES string of the molecule is CC1SCCN(c2cc(N)ccn2)C1C. The van der Waals surface area contributed by atoms with Crippen molar-refractivity contribution < 1.29 is 0 Å². The largest absolute Gasteiger partial charge is 0.399 e. The van der Waals surface area contributed by atoms with E-state index >= 15 is 0 Å². The molecule has 1 fully saturated rings. The van der Waals surface area contributed by atoms with E-state index in [1.54, 1.807) is 6.20 Å². The zero-order valence-electron chi connectivity index (χ0n) is 9.18. The van der Waals surface area contributed by atoms with E-state index in [0.29, 0.717) is 11.3 Å². The van der Waals surface area contributed by atoms with Crippen molar-refractivity contribution in [2.24, 2.45) is 0 Å². The highest BCUT2D eigenvalue weighted by Gasteiger charge is 2.25. The van der Waals surface area contributed by atoms with Crippen molar-refractivity contribution >= 4 is 23.3 Å². The Hall–Kier alpha value is -0.900. The molecule has 1 aliphatic rings. The highest BCUT2D eigenvalue weighted by atomic mass is 32.2. The van der Waals surface area contributed by atoms with E-state index in [2.05, 4.69) is 23.7 Å². The highest BCUT2D eigenvalue weighted by Crippen LogP contribution is 2.28. The summed E-state index contributed by atoms with van der Waals surface area (Å²) in [6.07, 6.45) is 1.78. The molecule has 1 aromatic heterocycles. The Morgan fingerprint density at radius 1 is 1.53 bits per heavy atom. The van der Waals surface area contributed by atoms with Crippen LogP contribution in [0.5, 0.6) is 0 Å². The number of nitrogens with two attached hydrogens (primary N) is 1. The fourth-order valence-electron chi connectivity index (χ4n) is 1.85. The Labute approximate surface area is 95.1 Å². The predicted molar refractivity (Wildman–Crippen MR) is 67.4 cm³/mol. The van der Waals surface area contributed by atoms with Gasteiger partial charge in [0, 0.05) is 41.5 Å². The van der Waals surface area contributed by atoms with E-state index in [9.17, 15) is 0 Å². The van der Waals surface area contributed by atoms with Crippen LogP contribution in [0.15, 0.2) is 18.3 Å². The Bertz CT molecular complexity index is 342. The number of hydrogen-bond acceptors (Lipinski definition) is 4. The summed E-state index contributed by atoms with van der Waals surface area (Å²) in [5.74, 6) is 2.18. The number of aromatic nitrogens is 1. The smallest absolute Gasteiger partial charge is 0.130 e. The van der Waals surface area contributed by atoms with Crippen LogP contribution in [0.1, 0.15) is 13.8 Å². The van der Waals surface area contributed by atoms with Crippen molar-refractivity contribution in [3.63, 3.8) is 0 Å². The van der Waals surface area contributed by atoms with Gasteiger partial charge in [0.15, 0.2) is 0 Å². The molecule has 15 heavy (non-hydrogen) atoms. The van der Waals surface area contributed by atoms with Gasteiger partial charge in [-0.05, 0) is 13.0 Å². The van der Waals surface area contributed by atoms with Crippen molar-refractivity contribution in [3.05, 3.63) is 18.3 Å². The molecular weight excluding hydrogens is 206 g/mol. The fourth-order valence-corrected chi connectivity index (χ4v) is 2.95. The zero-order valence-corrected chi connectivity index (χ0v) is 10.00. The third-order valence-corrected chi connectivity index (χ3v) is 4.29. The lowest BCUT2D eigenvalue weighted by molar-refractivity contribution is 0.620. The minimum absolute atomic E-state index is 0.526. The summed E-state index contributed by atoms with van der Waals surface area (Å²) in [5.41, 5.74) is 6.56. The minimum Gasteiger partial charge on any atom is -0.399 e. The average molecular weight is 223 g/mol. The van der Waals surface area contributed by atoms with Gasteiger partial charge < -0.3 is 10.6 Å². The van der Waals surface area contributed by atoms with Crippen LogP contribution in [0.2, 0.25) is 0 Å². The summed E-state index contributed by atoms with van der Waals surface area (Å²) in [6, 6.07) is 4.31. The second-order valence-corrected chi connectivity index (χ2v) is 5.44. The molecule has 0 bridgehead atoms. The molecule has 82 valence electrons. The van der Waals surface area contributed by atoms with Crippen LogP contribution in [0.4, 0.5) is 11.5 Å². The average Bonchev–Trinajstić information content (AvgIpc) is 2.22. The summed E-state index contributed by atoms with van der Waals surface area (Å²) in [7, 11) is 0. The first-order valence-corrected chi connectivity index (χ1v) is 6.33. The first kappa shape index (κ1) is 10.6. The molecule has 3 nitrogen and oxygen atoms in total. The molecule has 2 N–H and O–H groups in total. The number of thioether (sulfide) groups is 1. The molecule has 4 heteroatoms. The zero-order chi connectivity index (χ0) is 10.8. The summed E-state index contributed by atoms with van der Waals surface area (Å²) < 4.78 is 0. The monoisotopic (exact) mass is 223 g/mol. The second kappa shape index (κ2) is 4.31. The van der Waals surface area contributed by atoms with Gasteiger partial charge in [-0.1, -0.05) is 6.92 Å². The topological polar surface area (TPSA) is 42.1 Å². The van der Waals surface area contributed by atoms with Crippen molar-refractivity contribution in [2.75, 3.05) is 22.9 Å². The normalized spacial score (nSPS) is 26.7. The van der Waals surface area contributed by atoms with Crippen LogP contribution in [0.3, 0.4) is 0 Å². The maximum absolute atomic E-state index is 5.77. The van der Waals surface area contributed by atoms with Gasteiger partial charge >= 0.3 is 0 Å². The lowest BCUT2D eigenvalue weighted by Gasteiger charge is -2.38. The minimum atomic E-state index is 0.526. The molecule has 0 aromatic carbocycles. The van der Waals surface area contributed by atoms with Gasteiger partial charge in [0.2, 0.25) is 0 Å². The molecule has 2 rings (SSSR count). The van der Waals surface area contributed by atoms with Crippen LogP contribution in [0, 0.1) is 0 Å². The maximum Gasteiger partial charge on any atom is 0.130 e. The highest BCUT2D eigenvalue weighted by molar-refractivity contribution is 8.00. The lowest BCUT2D eigenvalue weighted by Crippen LogP contribution is -2.45. The van der Waals surface area contributed by atoms with Gasteiger partial charge in [-0.25, -0.2) is 4.98 Å². The summed E-state index contributed by atoms with van der Waals surface area (Å²) in [6.45, 7) is 5.59. The van der Waals surface area contributed by atoms with E-state index in [4.69, 9.17) is 5.73 Å². The van der Waals surface area contributed by atoms with Crippen LogP contribution in [0.25, 0.3) is 0 Å². The molecule has 1 aromatic rings. The molecule has 0 amide bonds. The maximum atomic E-state index is 5.77. The van der Waals surface area contributed by atoms with Crippen LogP contribution < -0.4 is 10.6 Å². The Balaban J connectivity index is 2.22.